The Labute approximate surface area is 191 Å². The summed E-state index contributed by atoms with van der Waals surface area (Å²) in [5.74, 6) is 3.16. The first kappa shape index (κ1) is 22.4. The molecule has 32 heavy (non-hydrogen) atoms. The van der Waals surface area contributed by atoms with Gasteiger partial charge in [-0.1, -0.05) is 32.0 Å². The Hall–Kier alpha value is -2.83. The fourth-order valence-corrected chi connectivity index (χ4v) is 4.79. The molecule has 0 aliphatic carbocycles. The minimum Gasteiger partial charge on any atom is -0.356 e. The van der Waals surface area contributed by atoms with E-state index in [4.69, 9.17) is 4.99 Å². The molecular weight excluding hydrogens is 400 g/mol. The molecule has 1 atom stereocenters. The lowest BCUT2D eigenvalue weighted by molar-refractivity contribution is -0.127. The molecule has 7 heteroatoms. The molecule has 7 nitrogen and oxygen atoms in total. The summed E-state index contributed by atoms with van der Waals surface area (Å²) in [6, 6.07) is 8.62. The summed E-state index contributed by atoms with van der Waals surface area (Å²) in [5.41, 5.74) is 2.57. The Morgan fingerprint density at radius 3 is 2.91 bits per heavy atom. The van der Waals surface area contributed by atoms with Crippen molar-refractivity contribution in [1.82, 2.24) is 19.8 Å². The molecular formula is C25H36N6O. The number of aromatic nitrogens is 2. The predicted molar refractivity (Wildman–Crippen MR) is 129 cm³/mol. The van der Waals surface area contributed by atoms with Gasteiger partial charge in [-0.15, -0.1) is 0 Å². The number of para-hydroxylation sites is 1. The standard InChI is InChI=1S/C25H36N6O/c1-4-26-25(28-16-23-27-12-15-30(23)17-19(2)3)31-18-20(21-8-5-6-9-22(21)31)11-14-29-13-7-10-24(29)32/h5-6,8-9,12,15,19-20H,4,7,10-11,13-14,16-18H2,1-3H3,(H,26,28). The highest BCUT2D eigenvalue weighted by Gasteiger charge is 2.32. The SMILES string of the molecule is CCNC(=NCc1nccn1CC(C)C)N1CC(CCN2CCCC2=O)c2ccccc21. The van der Waals surface area contributed by atoms with E-state index >= 15 is 0 Å². The molecule has 1 saturated heterocycles. The number of aliphatic imine (C=N–C) groups is 1. The fourth-order valence-electron chi connectivity index (χ4n) is 4.79. The highest BCUT2D eigenvalue weighted by Crippen LogP contribution is 2.38. The number of carbonyl (C=O) groups is 1. The quantitative estimate of drug-likeness (QED) is 0.507. The second-order valence-corrected chi connectivity index (χ2v) is 9.20. The number of hydrogen-bond donors (Lipinski definition) is 1. The number of hydrogen-bond acceptors (Lipinski definition) is 3. The van der Waals surface area contributed by atoms with Crippen LogP contribution >= 0.6 is 0 Å². The number of imidazole rings is 1. The minimum atomic E-state index is 0.305. The van der Waals surface area contributed by atoms with Crippen LogP contribution in [0.4, 0.5) is 5.69 Å². The molecule has 172 valence electrons. The van der Waals surface area contributed by atoms with E-state index in [0.29, 0.717) is 30.7 Å². The second kappa shape index (κ2) is 10.2. The van der Waals surface area contributed by atoms with Gasteiger partial charge >= 0.3 is 0 Å². The van der Waals surface area contributed by atoms with Gasteiger partial charge in [-0.3, -0.25) is 4.79 Å². The van der Waals surface area contributed by atoms with Gasteiger partial charge in [0.2, 0.25) is 5.91 Å². The third-order valence-corrected chi connectivity index (χ3v) is 6.31. The number of guanidine groups is 1. The van der Waals surface area contributed by atoms with E-state index in [1.165, 1.54) is 11.3 Å². The third-order valence-electron chi connectivity index (χ3n) is 6.31. The van der Waals surface area contributed by atoms with Crippen LogP contribution in [-0.2, 0) is 17.9 Å². The van der Waals surface area contributed by atoms with Crippen molar-refractivity contribution in [2.75, 3.05) is 31.1 Å². The first-order valence-corrected chi connectivity index (χ1v) is 12.0. The van der Waals surface area contributed by atoms with Crippen LogP contribution in [0.1, 0.15) is 57.3 Å². The number of rotatable bonds is 8. The van der Waals surface area contributed by atoms with Crippen LogP contribution in [0.15, 0.2) is 41.7 Å². The smallest absolute Gasteiger partial charge is 0.222 e. The summed E-state index contributed by atoms with van der Waals surface area (Å²) in [5, 5.41) is 3.49. The van der Waals surface area contributed by atoms with Crippen molar-refractivity contribution in [3.63, 3.8) is 0 Å². The summed E-state index contributed by atoms with van der Waals surface area (Å²) >= 11 is 0. The van der Waals surface area contributed by atoms with E-state index < -0.39 is 0 Å². The van der Waals surface area contributed by atoms with Crippen LogP contribution in [0.5, 0.6) is 0 Å². The van der Waals surface area contributed by atoms with E-state index in [2.05, 4.69) is 64.8 Å². The van der Waals surface area contributed by atoms with Crippen LogP contribution in [-0.4, -0.2) is 52.5 Å². The molecule has 2 aromatic rings. The lowest BCUT2D eigenvalue weighted by atomic mass is 9.98. The predicted octanol–water partition coefficient (Wildman–Crippen LogP) is 3.62. The van der Waals surface area contributed by atoms with Crippen molar-refractivity contribution in [2.45, 2.75) is 59.0 Å². The van der Waals surface area contributed by atoms with Gasteiger partial charge in [0, 0.05) is 63.1 Å². The number of nitrogens with one attached hydrogen (secondary N) is 1. The first-order chi connectivity index (χ1) is 15.6. The van der Waals surface area contributed by atoms with E-state index in [9.17, 15) is 4.79 Å². The van der Waals surface area contributed by atoms with E-state index in [1.54, 1.807) is 0 Å². The minimum absolute atomic E-state index is 0.305. The number of amides is 1. The van der Waals surface area contributed by atoms with Crippen molar-refractivity contribution in [3.05, 3.63) is 48.0 Å². The second-order valence-electron chi connectivity index (χ2n) is 9.20. The van der Waals surface area contributed by atoms with Crippen molar-refractivity contribution in [1.29, 1.82) is 0 Å². The molecule has 0 spiro atoms. The van der Waals surface area contributed by atoms with E-state index in [1.807, 2.05) is 17.3 Å². The lowest BCUT2D eigenvalue weighted by Crippen LogP contribution is -2.41. The van der Waals surface area contributed by atoms with Crippen LogP contribution in [0.25, 0.3) is 0 Å². The zero-order chi connectivity index (χ0) is 22.5. The number of likely N-dealkylation sites (tertiary alicyclic amines) is 1. The van der Waals surface area contributed by atoms with Crippen molar-refractivity contribution in [3.8, 4) is 0 Å². The normalized spacial score (nSPS) is 18.7. The molecule has 1 unspecified atom stereocenters. The highest BCUT2D eigenvalue weighted by molar-refractivity contribution is 5.98. The maximum atomic E-state index is 12.1. The number of fused-ring (bicyclic) bond motifs is 1. The largest absolute Gasteiger partial charge is 0.356 e. The maximum Gasteiger partial charge on any atom is 0.222 e. The zero-order valence-electron chi connectivity index (χ0n) is 19.6. The van der Waals surface area contributed by atoms with Gasteiger partial charge in [-0.05, 0) is 37.3 Å². The molecule has 0 saturated carbocycles. The van der Waals surface area contributed by atoms with E-state index in [0.717, 1.165) is 57.3 Å². The van der Waals surface area contributed by atoms with Crippen LogP contribution in [0.3, 0.4) is 0 Å². The van der Waals surface area contributed by atoms with Gasteiger partial charge in [-0.25, -0.2) is 9.98 Å². The number of anilines is 1. The number of nitrogens with zero attached hydrogens (tertiary/aromatic N) is 5. The monoisotopic (exact) mass is 436 g/mol. The fraction of sp³-hybridized carbons (Fsp3) is 0.560. The molecule has 2 aliphatic rings. The van der Waals surface area contributed by atoms with Gasteiger partial charge < -0.3 is 19.7 Å². The van der Waals surface area contributed by atoms with Crippen LogP contribution in [0.2, 0.25) is 0 Å². The Balaban J connectivity index is 1.51. The zero-order valence-corrected chi connectivity index (χ0v) is 19.6. The molecule has 3 heterocycles. The summed E-state index contributed by atoms with van der Waals surface area (Å²) in [6.07, 6.45) is 6.59. The third kappa shape index (κ3) is 4.97. The van der Waals surface area contributed by atoms with Gasteiger partial charge in [0.25, 0.3) is 0 Å². The Morgan fingerprint density at radius 2 is 2.16 bits per heavy atom. The highest BCUT2D eigenvalue weighted by atomic mass is 16.2. The molecule has 1 aromatic carbocycles. The summed E-state index contributed by atoms with van der Waals surface area (Å²) in [6.45, 7) is 11.5. The average molecular weight is 437 g/mol. The van der Waals surface area contributed by atoms with Crippen LogP contribution < -0.4 is 10.2 Å². The molecule has 0 radical (unpaired) electrons. The molecule has 1 aromatic heterocycles. The molecule has 1 N–H and O–H groups in total. The summed E-state index contributed by atoms with van der Waals surface area (Å²) in [7, 11) is 0. The average Bonchev–Trinajstić information content (AvgIpc) is 3.48. The molecule has 1 amide bonds. The number of benzene rings is 1. The van der Waals surface area contributed by atoms with Gasteiger partial charge in [0.05, 0.1) is 0 Å². The van der Waals surface area contributed by atoms with Crippen molar-refractivity contribution in [2.24, 2.45) is 10.9 Å². The van der Waals surface area contributed by atoms with Gasteiger partial charge in [0.15, 0.2) is 5.96 Å². The first-order valence-electron chi connectivity index (χ1n) is 12.0. The Morgan fingerprint density at radius 1 is 1.31 bits per heavy atom. The Kier molecular flexibility index (Phi) is 7.12. The molecule has 1 fully saturated rings. The van der Waals surface area contributed by atoms with Gasteiger partial charge in [0.1, 0.15) is 12.4 Å². The topological polar surface area (TPSA) is 65.8 Å². The Bertz CT molecular complexity index is 949. The molecule has 0 bridgehead atoms. The van der Waals surface area contributed by atoms with Gasteiger partial charge in [-0.2, -0.15) is 0 Å². The lowest BCUT2D eigenvalue weighted by Gasteiger charge is -2.23. The summed E-state index contributed by atoms with van der Waals surface area (Å²) < 4.78 is 2.20. The number of carbonyl (C=O) groups excluding carboxylic acids is 1. The molecule has 4 rings (SSSR count). The maximum absolute atomic E-state index is 12.1. The van der Waals surface area contributed by atoms with Crippen LogP contribution in [0, 0.1) is 5.92 Å². The van der Waals surface area contributed by atoms with Crippen molar-refractivity contribution >= 4 is 17.6 Å². The van der Waals surface area contributed by atoms with E-state index in [-0.39, 0.29) is 0 Å². The summed E-state index contributed by atoms with van der Waals surface area (Å²) in [4.78, 5) is 25.9. The molecule has 2 aliphatic heterocycles. The van der Waals surface area contributed by atoms with Crippen molar-refractivity contribution < 1.29 is 4.79 Å².